The first-order valence-electron chi connectivity index (χ1n) is 9.49. The summed E-state index contributed by atoms with van der Waals surface area (Å²) in [7, 11) is 0. The standard InChI is InChI=1S/C21H22ClN3O3S/c1-13(24-20-9-14(2)25-28-20)3-7-17-11-23-21(29-17)27-19-8-6-16(10-18(19)22)26-12-15-4-5-15/h3,6-11,13,15,24H,4-5,12H2,1-2H3/b7-3+/t13-/m0/s1. The van der Waals surface area contributed by atoms with Crippen LogP contribution in [-0.2, 0) is 0 Å². The third-order valence-corrected chi connectivity index (χ3v) is 5.47. The Morgan fingerprint density at radius 3 is 2.97 bits per heavy atom. The molecule has 0 spiro atoms. The minimum atomic E-state index is 0.0754. The molecule has 1 atom stereocenters. The Kier molecular flexibility index (Phi) is 6.06. The van der Waals surface area contributed by atoms with E-state index in [1.54, 1.807) is 12.3 Å². The molecule has 1 aliphatic carbocycles. The third kappa shape index (κ3) is 5.74. The fourth-order valence-corrected chi connectivity index (χ4v) is 3.48. The highest BCUT2D eigenvalue weighted by Gasteiger charge is 2.22. The molecule has 152 valence electrons. The average Bonchev–Trinajstić information content (AvgIpc) is 3.28. The molecule has 29 heavy (non-hydrogen) atoms. The number of ether oxygens (including phenoxy) is 2. The number of benzene rings is 1. The van der Waals surface area contributed by atoms with Crippen LogP contribution in [0.1, 0.15) is 30.3 Å². The van der Waals surface area contributed by atoms with Crippen LogP contribution >= 0.6 is 22.9 Å². The molecule has 0 saturated heterocycles. The Morgan fingerprint density at radius 1 is 1.38 bits per heavy atom. The van der Waals surface area contributed by atoms with Gasteiger partial charge >= 0.3 is 0 Å². The number of aryl methyl sites for hydroxylation is 1. The molecule has 2 heterocycles. The molecule has 8 heteroatoms. The van der Waals surface area contributed by atoms with Gasteiger partial charge in [0.15, 0.2) is 0 Å². The maximum atomic E-state index is 6.33. The van der Waals surface area contributed by atoms with Crippen LogP contribution in [0.25, 0.3) is 6.08 Å². The Morgan fingerprint density at radius 2 is 2.24 bits per heavy atom. The van der Waals surface area contributed by atoms with Gasteiger partial charge in [-0.3, -0.25) is 0 Å². The van der Waals surface area contributed by atoms with E-state index in [0.717, 1.165) is 22.9 Å². The molecule has 0 unspecified atom stereocenters. The number of nitrogens with one attached hydrogen (secondary N) is 1. The number of rotatable bonds is 9. The van der Waals surface area contributed by atoms with Gasteiger partial charge < -0.3 is 19.3 Å². The first-order chi connectivity index (χ1) is 14.0. The van der Waals surface area contributed by atoms with Gasteiger partial charge in [-0.1, -0.05) is 34.2 Å². The van der Waals surface area contributed by atoms with Gasteiger partial charge in [0.25, 0.3) is 5.19 Å². The van der Waals surface area contributed by atoms with Crippen molar-refractivity contribution in [1.29, 1.82) is 0 Å². The van der Waals surface area contributed by atoms with E-state index in [2.05, 4.69) is 15.5 Å². The van der Waals surface area contributed by atoms with Crippen molar-refractivity contribution in [3.63, 3.8) is 0 Å². The predicted octanol–water partition coefficient (Wildman–Crippen LogP) is 6.19. The minimum absolute atomic E-state index is 0.0754. The van der Waals surface area contributed by atoms with E-state index in [-0.39, 0.29) is 6.04 Å². The fraction of sp³-hybridized carbons (Fsp3) is 0.333. The lowest BCUT2D eigenvalue weighted by Crippen LogP contribution is -2.10. The van der Waals surface area contributed by atoms with Crippen LogP contribution in [0, 0.1) is 12.8 Å². The summed E-state index contributed by atoms with van der Waals surface area (Å²) in [5.74, 6) is 2.67. The largest absolute Gasteiger partial charge is 0.493 e. The van der Waals surface area contributed by atoms with Crippen molar-refractivity contribution in [3.05, 3.63) is 52.1 Å². The van der Waals surface area contributed by atoms with E-state index in [9.17, 15) is 0 Å². The van der Waals surface area contributed by atoms with E-state index in [1.165, 1.54) is 24.2 Å². The van der Waals surface area contributed by atoms with Crippen molar-refractivity contribution >= 4 is 34.9 Å². The van der Waals surface area contributed by atoms with Crippen molar-refractivity contribution < 1.29 is 14.0 Å². The second-order valence-corrected chi connectivity index (χ2v) is 8.53. The molecular weight excluding hydrogens is 410 g/mol. The monoisotopic (exact) mass is 431 g/mol. The van der Waals surface area contributed by atoms with E-state index in [4.69, 9.17) is 25.6 Å². The van der Waals surface area contributed by atoms with Crippen molar-refractivity contribution in [1.82, 2.24) is 10.1 Å². The second kappa shape index (κ2) is 8.88. The molecule has 1 aliphatic rings. The quantitative estimate of drug-likeness (QED) is 0.435. The Balaban J connectivity index is 1.32. The number of aromatic nitrogens is 2. The van der Waals surface area contributed by atoms with Gasteiger partial charge in [-0.05, 0) is 50.8 Å². The molecule has 4 rings (SSSR count). The van der Waals surface area contributed by atoms with Gasteiger partial charge in [-0.2, -0.15) is 0 Å². The topological polar surface area (TPSA) is 69.4 Å². The molecule has 1 saturated carbocycles. The van der Waals surface area contributed by atoms with Gasteiger partial charge in [0.05, 0.1) is 22.2 Å². The number of thiazole rings is 1. The van der Waals surface area contributed by atoms with Gasteiger partial charge in [0.2, 0.25) is 5.88 Å². The van der Waals surface area contributed by atoms with Crippen LogP contribution in [0.2, 0.25) is 5.02 Å². The number of hydrogen-bond acceptors (Lipinski definition) is 7. The summed E-state index contributed by atoms with van der Waals surface area (Å²) in [6.45, 7) is 4.66. The van der Waals surface area contributed by atoms with Gasteiger partial charge in [-0.15, -0.1) is 0 Å². The Labute approximate surface area is 178 Å². The highest BCUT2D eigenvalue weighted by molar-refractivity contribution is 7.14. The number of halogens is 1. The number of hydrogen-bond donors (Lipinski definition) is 1. The van der Waals surface area contributed by atoms with E-state index in [0.29, 0.717) is 27.8 Å². The first kappa shape index (κ1) is 19.8. The van der Waals surface area contributed by atoms with E-state index >= 15 is 0 Å². The second-order valence-electron chi connectivity index (χ2n) is 7.10. The number of anilines is 1. The molecule has 1 fully saturated rings. The van der Waals surface area contributed by atoms with Crippen molar-refractivity contribution in [2.45, 2.75) is 32.7 Å². The van der Waals surface area contributed by atoms with E-state index < -0.39 is 0 Å². The summed E-state index contributed by atoms with van der Waals surface area (Å²) in [5, 5.41) is 8.12. The first-order valence-corrected chi connectivity index (χ1v) is 10.7. The normalized spacial score (nSPS) is 14.9. The maximum absolute atomic E-state index is 6.33. The Bertz CT molecular complexity index is 997. The lowest BCUT2D eigenvalue weighted by molar-refractivity contribution is 0.299. The maximum Gasteiger partial charge on any atom is 0.279 e. The lowest BCUT2D eigenvalue weighted by Gasteiger charge is -2.08. The zero-order chi connectivity index (χ0) is 20.2. The number of nitrogens with zero attached hydrogens (tertiary/aromatic N) is 2. The highest BCUT2D eigenvalue weighted by atomic mass is 35.5. The van der Waals surface area contributed by atoms with E-state index in [1.807, 2.05) is 44.2 Å². The molecule has 0 amide bonds. The highest BCUT2D eigenvalue weighted by Crippen LogP contribution is 2.35. The molecule has 0 radical (unpaired) electrons. The van der Waals surface area contributed by atoms with Crippen LogP contribution in [0.4, 0.5) is 5.88 Å². The molecule has 1 aromatic carbocycles. The van der Waals surface area contributed by atoms with Crippen LogP contribution < -0.4 is 14.8 Å². The van der Waals surface area contributed by atoms with Gasteiger partial charge in [0, 0.05) is 24.4 Å². The molecule has 0 bridgehead atoms. The van der Waals surface area contributed by atoms with Crippen molar-refractivity contribution in [2.75, 3.05) is 11.9 Å². The van der Waals surface area contributed by atoms with Gasteiger partial charge in [0.1, 0.15) is 11.5 Å². The zero-order valence-electron chi connectivity index (χ0n) is 16.2. The molecule has 6 nitrogen and oxygen atoms in total. The summed E-state index contributed by atoms with van der Waals surface area (Å²) in [6, 6.07) is 7.40. The smallest absolute Gasteiger partial charge is 0.279 e. The van der Waals surface area contributed by atoms with Crippen LogP contribution in [0.15, 0.2) is 41.1 Å². The summed E-state index contributed by atoms with van der Waals surface area (Å²) in [4.78, 5) is 5.29. The zero-order valence-corrected chi connectivity index (χ0v) is 17.8. The lowest BCUT2D eigenvalue weighted by atomic mass is 10.3. The summed E-state index contributed by atoms with van der Waals surface area (Å²) in [6.07, 6.45) is 8.29. The van der Waals surface area contributed by atoms with Gasteiger partial charge in [-0.25, -0.2) is 4.98 Å². The van der Waals surface area contributed by atoms with Crippen molar-refractivity contribution in [2.24, 2.45) is 5.92 Å². The third-order valence-electron chi connectivity index (χ3n) is 4.33. The van der Waals surface area contributed by atoms with Crippen molar-refractivity contribution in [3.8, 4) is 16.7 Å². The predicted molar refractivity (Wildman–Crippen MR) is 115 cm³/mol. The Hall–Kier alpha value is -2.51. The minimum Gasteiger partial charge on any atom is -0.493 e. The molecule has 0 aliphatic heterocycles. The summed E-state index contributed by atoms with van der Waals surface area (Å²) in [5.41, 5.74) is 0.842. The van der Waals surface area contributed by atoms with Crippen LogP contribution in [0.5, 0.6) is 16.7 Å². The summed E-state index contributed by atoms with van der Waals surface area (Å²) >= 11 is 7.78. The molecule has 2 aromatic heterocycles. The average molecular weight is 432 g/mol. The fourth-order valence-electron chi connectivity index (χ4n) is 2.58. The van der Waals surface area contributed by atoms with Crippen LogP contribution in [0.3, 0.4) is 0 Å². The summed E-state index contributed by atoms with van der Waals surface area (Å²) < 4.78 is 16.7. The molecule has 3 aromatic rings. The molecular formula is C21H22ClN3O3S. The SMILES string of the molecule is Cc1cc(N[C@@H](C)/C=C/c2cnc(Oc3ccc(OCC4CC4)cc3Cl)s2)on1. The van der Waals surface area contributed by atoms with Crippen LogP contribution in [-0.4, -0.2) is 22.8 Å². The molecule has 1 N–H and O–H groups in total.